The smallest absolute Gasteiger partial charge is 0.356 e. The Balaban J connectivity index is 2.16. The molecule has 0 saturated carbocycles. The molecule has 2 rings (SSSR count). The van der Waals surface area contributed by atoms with Gasteiger partial charge in [-0.05, 0) is 24.7 Å². The fourth-order valence-electron chi connectivity index (χ4n) is 2.58. The van der Waals surface area contributed by atoms with Crippen LogP contribution >= 0.6 is 11.6 Å². The van der Waals surface area contributed by atoms with Crippen molar-refractivity contribution in [2.45, 2.75) is 19.9 Å². The van der Waals surface area contributed by atoms with Crippen molar-refractivity contribution in [3.63, 3.8) is 0 Å². The molecular formula is C17H21ClN4O2. The van der Waals surface area contributed by atoms with Gasteiger partial charge in [0.15, 0.2) is 5.69 Å². The number of hydrogen-bond donors (Lipinski definition) is 2. The predicted octanol–water partition coefficient (Wildman–Crippen LogP) is 3.32. The molecule has 128 valence electrons. The second-order valence-electron chi connectivity index (χ2n) is 5.23. The monoisotopic (exact) mass is 348 g/mol. The van der Waals surface area contributed by atoms with Gasteiger partial charge in [0.05, 0.1) is 18.4 Å². The van der Waals surface area contributed by atoms with Crippen LogP contribution in [0.5, 0.6) is 0 Å². The van der Waals surface area contributed by atoms with E-state index in [1.54, 1.807) is 0 Å². The number of aromatic carboxylic acids is 1. The van der Waals surface area contributed by atoms with Crippen molar-refractivity contribution in [3.8, 4) is 0 Å². The molecule has 6 nitrogen and oxygen atoms in total. The Kier molecular flexibility index (Phi) is 6.52. The highest BCUT2D eigenvalue weighted by Gasteiger charge is 2.20. The maximum Gasteiger partial charge on any atom is 0.356 e. The van der Waals surface area contributed by atoms with Crippen LogP contribution in [0.15, 0.2) is 36.7 Å². The molecule has 0 fully saturated rings. The van der Waals surface area contributed by atoms with Crippen molar-refractivity contribution in [1.82, 2.24) is 14.9 Å². The first-order valence-electron chi connectivity index (χ1n) is 7.84. The molecule has 2 aromatic rings. The quantitative estimate of drug-likeness (QED) is 0.762. The van der Waals surface area contributed by atoms with Crippen LogP contribution < -0.4 is 5.32 Å². The zero-order chi connectivity index (χ0) is 17.5. The normalized spacial score (nSPS) is 12.2. The van der Waals surface area contributed by atoms with Gasteiger partial charge in [-0.15, -0.1) is 0 Å². The van der Waals surface area contributed by atoms with E-state index < -0.39 is 5.97 Å². The molecule has 0 bridgehead atoms. The Bertz CT molecular complexity index is 675. The number of anilines is 1. The first-order chi connectivity index (χ1) is 11.6. The third-order valence-corrected chi connectivity index (χ3v) is 4.21. The molecule has 0 spiro atoms. The number of carbonyl (C=O) groups is 1. The summed E-state index contributed by atoms with van der Waals surface area (Å²) < 4.78 is 0. The number of carboxylic acids is 1. The van der Waals surface area contributed by atoms with Gasteiger partial charge in [0, 0.05) is 11.6 Å². The van der Waals surface area contributed by atoms with Crippen LogP contribution in [-0.2, 0) is 0 Å². The first kappa shape index (κ1) is 18.2. The van der Waals surface area contributed by atoms with E-state index in [1.807, 2.05) is 24.3 Å². The molecule has 0 aliphatic rings. The van der Waals surface area contributed by atoms with Gasteiger partial charge in [0.2, 0.25) is 0 Å². The van der Waals surface area contributed by atoms with E-state index in [0.29, 0.717) is 12.4 Å². The first-order valence-corrected chi connectivity index (χ1v) is 8.22. The lowest BCUT2D eigenvalue weighted by Gasteiger charge is -2.31. The second-order valence-corrected chi connectivity index (χ2v) is 5.64. The van der Waals surface area contributed by atoms with E-state index in [4.69, 9.17) is 16.7 Å². The van der Waals surface area contributed by atoms with E-state index in [0.717, 1.165) is 23.7 Å². The molecule has 0 aliphatic heterocycles. The largest absolute Gasteiger partial charge is 0.476 e. The number of carboxylic acid groups (broad SMARTS) is 1. The molecule has 0 aliphatic carbocycles. The second kappa shape index (κ2) is 8.61. The molecule has 1 atom stereocenters. The van der Waals surface area contributed by atoms with Gasteiger partial charge in [-0.25, -0.2) is 14.8 Å². The van der Waals surface area contributed by atoms with Crippen molar-refractivity contribution in [2.24, 2.45) is 0 Å². The molecule has 0 radical (unpaired) electrons. The zero-order valence-electron chi connectivity index (χ0n) is 13.7. The van der Waals surface area contributed by atoms with E-state index in [1.165, 1.54) is 12.4 Å². The van der Waals surface area contributed by atoms with Crippen LogP contribution in [0, 0.1) is 0 Å². The highest BCUT2D eigenvalue weighted by molar-refractivity contribution is 6.31. The summed E-state index contributed by atoms with van der Waals surface area (Å²) in [4.78, 5) is 21.1. The molecule has 1 aromatic carbocycles. The van der Waals surface area contributed by atoms with Crippen LogP contribution in [-0.4, -0.2) is 45.6 Å². The van der Waals surface area contributed by atoms with Gasteiger partial charge in [-0.2, -0.15) is 0 Å². The van der Waals surface area contributed by atoms with Crippen LogP contribution in [0.2, 0.25) is 5.02 Å². The maximum absolute atomic E-state index is 10.8. The van der Waals surface area contributed by atoms with Crippen LogP contribution in [0.4, 0.5) is 5.82 Å². The SMILES string of the molecule is CCN(CC)C(CNc1cnc(C(=O)O)cn1)c1ccccc1Cl. The third kappa shape index (κ3) is 4.43. The van der Waals surface area contributed by atoms with E-state index in [-0.39, 0.29) is 11.7 Å². The number of halogens is 1. The Labute approximate surface area is 146 Å². The summed E-state index contributed by atoms with van der Waals surface area (Å²) >= 11 is 6.37. The summed E-state index contributed by atoms with van der Waals surface area (Å²) in [5, 5.41) is 12.8. The van der Waals surface area contributed by atoms with Crippen molar-refractivity contribution in [1.29, 1.82) is 0 Å². The predicted molar refractivity (Wildman–Crippen MR) is 94.6 cm³/mol. The zero-order valence-corrected chi connectivity index (χ0v) is 14.5. The molecule has 0 saturated heterocycles. The molecule has 7 heteroatoms. The molecule has 24 heavy (non-hydrogen) atoms. The topological polar surface area (TPSA) is 78.4 Å². The molecule has 1 unspecified atom stereocenters. The van der Waals surface area contributed by atoms with E-state index >= 15 is 0 Å². The standard InChI is InChI=1S/C17H21ClN4O2/c1-3-22(4-2)15(12-7-5-6-8-13(12)18)10-21-16-11-19-14(9-20-16)17(23)24/h5-9,11,15H,3-4,10H2,1-2H3,(H,20,21)(H,23,24). The average Bonchev–Trinajstić information content (AvgIpc) is 2.60. The van der Waals surface area contributed by atoms with Crippen molar-refractivity contribution in [2.75, 3.05) is 25.0 Å². The third-order valence-electron chi connectivity index (χ3n) is 3.86. The fraction of sp³-hybridized carbons (Fsp3) is 0.353. The molecule has 0 amide bonds. The minimum atomic E-state index is -1.09. The maximum atomic E-state index is 10.8. The lowest BCUT2D eigenvalue weighted by molar-refractivity contribution is 0.0690. The van der Waals surface area contributed by atoms with Crippen LogP contribution in [0.1, 0.15) is 35.9 Å². The van der Waals surface area contributed by atoms with Crippen molar-refractivity contribution in [3.05, 3.63) is 52.9 Å². The highest BCUT2D eigenvalue weighted by Crippen LogP contribution is 2.27. The van der Waals surface area contributed by atoms with E-state index in [2.05, 4.69) is 34.0 Å². The summed E-state index contributed by atoms with van der Waals surface area (Å²) in [6, 6.07) is 7.86. The van der Waals surface area contributed by atoms with Crippen molar-refractivity contribution < 1.29 is 9.90 Å². The molecule has 1 heterocycles. The van der Waals surface area contributed by atoms with Gasteiger partial charge in [-0.1, -0.05) is 43.6 Å². The number of nitrogens with zero attached hydrogens (tertiary/aromatic N) is 3. The number of likely N-dealkylation sites (N-methyl/N-ethyl adjacent to an activating group) is 1. The summed E-state index contributed by atoms with van der Waals surface area (Å²) in [5.41, 5.74) is 0.970. The van der Waals surface area contributed by atoms with Gasteiger partial charge in [0.1, 0.15) is 5.82 Å². The molecular weight excluding hydrogens is 328 g/mol. The number of hydrogen-bond acceptors (Lipinski definition) is 5. The van der Waals surface area contributed by atoms with Crippen molar-refractivity contribution >= 4 is 23.4 Å². The summed E-state index contributed by atoms with van der Waals surface area (Å²) in [6.07, 6.45) is 2.67. The minimum absolute atomic E-state index is 0.0769. The summed E-state index contributed by atoms with van der Waals surface area (Å²) in [7, 11) is 0. The number of benzene rings is 1. The lowest BCUT2D eigenvalue weighted by Crippen LogP contribution is -2.33. The van der Waals surface area contributed by atoms with Gasteiger partial charge < -0.3 is 10.4 Å². The fourth-order valence-corrected chi connectivity index (χ4v) is 2.84. The Hall–Kier alpha value is -2.18. The average molecular weight is 349 g/mol. The van der Waals surface area contributed by atoms with Gasteiger partial charge in [-0.3, -0.25) is 4.90 Å². The van der Waals surface area contributed by atoms with Gasteiger partial charge in [0.25, 0.3) is 0 Å². The Morgan fingerprint density at radius 1 is 1.25 bits per heavy atom. The molecule has 2 N–H and O–H groups in total. The molecule has 1 aromatic heterocycles. The summed E-state index contributed by atoms with van der Waals surface area (Å²) in [6.45, 7) is 6.57. The number of rotatable bonds is 8. The van der Waals surface area contributed by atoms with E-state index in [9.17, 15) is 4.79 Å². The Morgan fingerprint density at radius 3 is 2.50 bits per heavy atom. The number of nitrogens with one attached hydrogen (secondary N) is 1. The van der Waals surface area contributed by atoms with Crippen LogP contribution in [0.3, 0.4) is 0 Å². The highest BCUT2D eigenvalue weighted by atomic mass is 35.5. The van der Waals surface area contributed by atoms with Gasteiger partial charge >= 0.3 is 5.97 Å². The summed E-state index contributed by atoms with van der Waals surface area (Å²) in [5.74, 6) is -0.560. The number of aromatic nitrogens is 2. The van der Waals surface area contributed by atoms with Crippen LogP contribution in [0.25, 0.3) is 0 Å². The Morgan fingerprint density at radius 2 is 1.96 bits per heavy atom. The minimum Gasteiger partial charge on any atom is -0.476 e. The lowest BCUT2D eigenvalue weighted by atomic mass is 10.0.